The predicted molar refractivity (Wildman–Crippen MR) is 67.4 cm³/mol. The Balaban J connectivity index is 2.89. The molecular formula is C12H19N3O2. The predicted octanol–water partition coefficient (Wildman–Crippen LogP) is 2.24. The number of aromatic nitrogens is 1. The molecule has 0 unspecified atom stereocenters. The van der Waals surface area contributed by atoms with Gasteiger partial charge in [-0.2, -0.15) is 0 Å². The fourth-order valence-electron chi connectivity index (χ4n) is 1.44. The van der Waals surface area contributed by atoms with Crippen molar-refractivity contribution in [3.8, 4) is 5.75 Å². The molecule has 0 radical (unpaired) electrons. The summed E-state index contributed by atoms with van der Waals surface area (Å²) in [5.41, 5.74) is 2.03. The van der Waals surface area contributed by atoms with Gasteiger partial charge < -0.3 is 10.4 Å². The van der Waals surface area contributed by atoms with Crippen LogP contribution < -0.4 is 10.6 Å². The number of rotatable bonds is 3. The average Bonchev–Trinajstić information content (AvgIpc) is 2.30. The molecule has 5 nitrogen and oxygen atoms in total. The summed E-state index contributed by atoms with van der Waals surface area (Å²) in [6, 6.07) is -0.271. The molecule has 3 N–H and O–H groups in total. The van der Waals surface area contributed by atoms with E-state index in [4.69, 9.17) is 0 Å². The van der Waals surface area contributed by atoms with E-state index in [9.17, 15) is 9.90 Å². The number of urea groups is 1. The van der Waals surface area contributed by atoms with E-state index < -0.39 is 0 Å². The lowest BCUT2D eigenvalue weighted by Crippen LogP contribution is -2.30. The van der Waals surface area contributed by atoms with Gasteiger partial charge in [0.25, 0.3) is 0 Å². The van der Waals surface area contributed by atoms with E-state index in [0.717, 1.165) is 17.5 Å². The Labute approximate surface area is 101 Å². The van der Waals surface area contributed by atoms with Crippen LogP contribution in [0.3, 0.4) is 0 Å². The Bertz CT molecular complexity index is 430. The van der Waals surface area contributed by atoms with Crippen molar-refractivity contribution in [1.82, 2.24) is 10.3 Å². The van der Waals surface area contributed by atoms with E-state index in [1.807, 2.05) is 13.8 Å². The SMILES string of the molecule is CCCNC(=O)Nc1nc(C)c(O)c(C)c1C. The van der Waals surface area contributed by atoms with Gasteiger partial charge in [-0.15, -0.1) is 0 Å². The molecule has 0 atom stereocenters. The summed E-state index contributed by atoms with van der Waals surface area (Å²) in [6.07, 6.45) is 0.882. The Kier molecular flexibility index (Phi) is 4.31. The third-order valence-electron chi connectivity index (χ3n) is 2.66. The lowest BCUT2D eigenvalue weighted by molar-refractivity contribution is 0.252. The summed E-state index contributed by atoms with van der Waals surface area (Å²) >= 11 is 0. The zero-order valence-electron chi connectivity index (χ0n) is 10.7. The molecule has 1 aromatic heterocycles. The van der Waals surface area contributed by atoms with Crippen molar-refractivity contribution in [1.29, 1.82) is 0 Å². The first-order chi connectivity index (χ1) is 7.97. The second-order valence-electron chi connectivity index (χ2n) is 4.03. The van der Waals surface area contributed by atoms with Crippen molar-refractivity contribution in [2.75, 3.05) is 11.9 Å². The van der Waals surface area contributed by atoms with E-state index >= 15 is 0 Å². The number of amides is 2. The fraction of sp³-hybridized carbons (Fsp3) is 0.500. The minimum atomic E-state index is -0.271. The second kappa shape index (κ2) is 5.52. The number of hydrogen-bond donors (Lipinski definition) is 3. The van der Waals surface area contributed by atoms with Crippen LogP contribution in [0, 0.1) is 20.8 Å². The number of aromatic hydroxyl groups is 1. The quantitative estimate of drug-likeness (QED) is 0.754. The number of pyridine rings is 1. The van der Waals surface area contributed by atoms with Gasteiger partial charge in [-0.05, 0) is 38.3 Å². The number of aryl methyl sites for hydroxylation is 1. The van der Waals surface area contributed by atoms with Gasteiger partial charge in [-0.1, -0.05) is 6.92 Å². The maximum atomic E-state index is 11.5. The fourth-order valence-corrected chi connectivity index (χ4v) is 1.44. The molecule has 0 spiro atoms. The Morgan fingerprint density at radius 3 is 2.53 bits per heavy atom. The molecule has 94 valence electrons. The molecule has 1 rings (SSSR count). The number of hydrogen-bond acceptors (Lipinski definition) is 3. The number of nitrogens with zero attached hydrogens (tertiary/aromatic N) is 1. The maximum absolute atomic E-state index is 11.5. The Morgan fingerprint density at radius 2 is 1.94 bits per heavy atom. The maximum Gasteiger partial charge on any atom is 0.320 e. The van der Waals surface area contributed by atoms with Crippen molar-refractivity contribution in [2.24, 2.45) is 0 Å². The Morgan fingerprint density at radius 1 is 1.29 bits per heavy atom. The van der Waals surface area contributed by atoms with Gasteiger partial charge in [0.15, 0.2) is 0 Å². The molecular weight excluding hydrogens is 218 g/mol. The second-order valence-corrected chi connectivity index (χ2v) is 4.03. The first-order valence-corrected chi connectivity index (χ1v) is 5.69. The first kappa shape index (κ1) is 13.3. The summed E-state index contributed by atoms with van der Waals surface area (Å²) in [7, 11) is 0. The molecule has 1 heterocycles. The van der Waals surface area contributed by atoms with Crippen molar-refractivity contribution < 1.29 is 9.90 Å². The summed E-state index contributed by atoms with van der Waals surface area (Å²) in [5.74, 6) is 0.674. The summed E-state index contributed by atoms with van der Waals surface area (Å²) in [6.45, 7) is 7.93. The van der Waals surface area contributed by atoms with E-state index in [1.54, 1.807) is 13.8 Å². The topological polar surface area (TPSA) is 74.2 Å². The van der Waals surface area contributed by atoms with E-state index in [-0.39, 0.29) is 11.8 Å². The Hall–Kier alpha value is -1.78. The zero-order valence-corrected chi connectivity index (χ0v) is 10.7. The molecule has 17 heavy (non-hydrogen) atoms. The highest BCUT2D eigenvalue weighted by molar-refractivity contribution is 5.89. The highest BCUT2D eigenvalue weighted by atomic mass is 16.3. The van der Waals surface area contributed by atoms with Crippen molar-refractivity contribution in [3.63, 3.8) is 0 Å². The molecule has 0 saturated heterocycles. The molecule has 1 aromatic rings. The largest absolute Gasteiger partial charge is 0.506 e. The number of carbonyl (C=O) groups is 1. The third-order valence-corrected chi connectivity index (χ3v) is 2.66. The lowest BCUT2D eigenvalue weighted by Gasteiger charge is -2.13. The van der Waals surface area contributed by atoms with Crippen LogP contribution in [0.2, 0.25) is 0 Å². The highest BCUT2D eigenvalue weighted by Crippen LogP contribution is 2.27. The van der Waals surface area contributed by atoms with Gasteiger partial charge >= 0.3 is 6.03 Å². The molecule has 0 fully saturated rings. The summed E-state index contributed by atoms with van der Waals surface area (Å²) in [5, 5.41) is 15.1. The van der Waals surface area contributed by atoms with Crippen LogP contribution in [0.15, 0.2) is 0 Å². The molecule has 5 heteroatoms. The number of anilines is 1. The average molecular weight is 237 g/mol. The van der Waals surface area contributed by atoms with Crippen LogP contribution >= 0.6 is 0 Å². The lowest BCUT2D eigenvalue weighted by atomic mass is 10.1. The van der Waals surface area contributed by atoms with E-state index in [0.29, 0.717) is 18.1 Å². The minimum Gasteiger partial charge on any atom is -0.506 e. The highest BCUT2D eigenvalue weighted by Gasteiger charge is 2.12. The van der Waals surface area contributed by atoms with Crippen LogP contribution in [0.25, 0.3) is 0 Å². The van der Waals surface area contributed by atoms with Crippen LogP contribution in [0.4, 0.5) is 10.6 Å². The van der Waals surface area contributed by atoms with Gasteiger partial charge in [0.1, 0.15) is 11.6 Å². The molecule has 2 amide bonds. The van der Waals surface area contributed by atoms with Crippen molar-refractivity contribution in [2.45, 2.75) is 34.1 Å². The smallest absolute Gasteiger partial charge is 0.320 e. The third kappa shape index (κ3) is 3.09. The van der Waals surface area contributed by atoms with Crippen LogP contribution in [0.1, 0.15) is 30.2 Å². The minimum absolute atomic E-state index is 0.182. The van der Waals surface area contributed by atoms with Gasteiger partial charge in [-0.25, -0.2) is 9.78 Å². The number of carbonyl (C=O) groups excluding carboxylic acids is 1. The molecule has 0 aromatic carbocycles. The van der Waals surface area contributed by atoms with Gasteiger partial charge in [0, 0.05) is 6.54 Å². The van der Waals surface area contributed by atoms with Crippen LogP contribution in [0.5, 0.6) is 5.75 Å². The zero-order chi connectivity index (χ0) is 13.0. The van der Waals surface area contributed by atoms with E-state index in [2.05, 4.69) is 15.6 Å². The molecule has 0 aliphatic carbocycles. The normalized spacial score (nSPS) is 10.1. The standard InChI is InChI=1S/C12H19N3O2/c1-5-6-13-12(17)15-11-8(3)7(2)10(16)9(4)14-11/h16H,5-6H2,1-4H3,(H2,13,14,15,17). The monoisotopic (exact) mass is 237 g/mol. The van der Waals surface area contributed by atoms with E-state index in [1.165, 1.54) is 0 Å². The van der Waals surface area contributed by atoms with Crippen LogP contribution in [-0.4, -0.2) is 22.7 Å². The van der Waals surface area contributed by atoms with Crippen LogP contribution in [-0.2, 0) is 0 Å². The van der Waals surface area contributed by atoms with Gasteiger partial charge in [0.05, 0.1) is 5.69 Å². The van der Waals surface area contributed by atoms with Gasteiger partial charge in [0.2, 0.25) is 0 Å². The molecule has 0 aliphatic rings. The molecule has 0 bridgehead atoms. The van der Waals surface area contributed by atoms with Crippen molar-refractivity contribution >= 4 is 11.8 Å². The number of nitrogens with one attached hydrogen (secondary N) is 2. The summed E-state index contributed by atoms with van der Waals surface area (Å²) in [4.78, 5) is 15.7. The summed E-state index contributed by atoms with van der Waals surface area (Å²) < 4.78 is 0. The first-order valence-electron chi connectivity index (χ1n) is 5.69. The molecule has 0 saturated carbocycles. The van der Waals surface area contributed by atoms with Crippen molar-refractivity contribution in [3.05, 3.63) is 16.8 Å². The molecule has 0 aliphatic heterocycles. The van der Waals surface area contributed by atoms with Gasteiger partial charge in [-0.3, -0.25) is 5.32 Å².